The van der Waals surface area contributed by atoms with Gasteiger partial charge in [0.1, 0.15) is 0 Å². The molecule has 0 aromatic heterocycles. The molecule has 0 saturated heterocycles. The average Bonchev–Trinajstić information content (AvgIpc) is 1.68. The fourth-order valence-corrected chi connectivity index (χ4v) is 0.433. The van der Waals surface area contributed by atoms with Crippen molar-refractivity contribution >= 4 is 17.6 Å². The minimum absolute atomic E-state index is 0.926. The van der Waals surface area contributed by atoms with Crippen molar-refractivity contribution in [3.8, 4) is 0 Å². The highest BCUT2D eigenvalue weighted by molar-refractivity contribution is 7.15. The lowest BCUT2D eigenvalue weighted by molar-refractivity contribution is 0.574. The Morgan fingerprint density at radius 1 is 2.00 bits per heavy atom. The molecule has 0 spiro atoms. The smallest absolute Gasteiger partial charge is 0.187 e. The van der Waals surface area contributed by atoms with E-state index in [2.05, 4.69) is 6.58 Å². The van der Waals surface area contributed by atoms with Crippen LogP contribution in [0.25, 0.3) is 0 Å². The van der Waals surface area contributed by atoms with E-state index >= 15 is 0 Å². The van der Waals surface area contributed by atoms with Crippen LogP contribution in [0.15, 0.2) is 12.3 Å². The molecule has 0 aliphatic carbocycles. The SMILES string of the molecule is C=C[Si](O)([SiH3])CC. The number of rotatable bonds is 2. The minimum atomic E-state index is -1.75. The lowest BCUT2D eigenvalue weighted by Gasteiger charge is -2.09. The maximum atomic E-state index is 9.21. The molecule has 3 heteroatoms. The normalized spacial score (nSPS) is 18.6. The van der Waals surface area contributed by atoms with E-state index in [0.717, 1.165) is 15.8 Å². The van der Waals surface area contributed by atoms with Crippen LogP contribution >= 0.6 is 0 Å². The molecule has 0 bridgehead atoms. The maximum absolute atomic E-state index is 9.21. The summed E-state index contributed by atoms with van der Waals surface area (Å²) in [5, 5.41) is 0. The summed E-state index contributed by atoms with van der Waals surface area (Å²) < 4.78 is 0. The van der Waals surface area contributed by atoms with E-state index in [-0.39, 0.29) is 0 Å². The van der Waals surface area contributed by atoms with Gasteiger partial charge >= 0.3 is 0 Å². The molecule has 0 rings (SSSR count). The third kappa shape index (κ3) is 2.79. The third-order valence-corrected chi connectivity index (χ3v) is 6.81. The van der Waals surface area contributed by atoms with E-state index in [4.69, 9.17) is 0 Å². The fourth-order valence-electron chi connectivity index (χ4n) is 0.144. The molecule has 7 heavy (non-hydrogen) atoms. The first-order valence-corrected chi connectivity index (χ1v) is 8.21. The van der Waals surface area contributed by atoms with Crippen LogP contribution in [0.5, 0.6) is 0 Å². The van der Waals surface area contributed by atoms with Gasteiger partial charge in [-0.15, -0.1) is 6.58 Å². The summed E-state index contributed by atoms with van der Waals surface area (Å²) in [6, 6.07) is 0.933. The highest BCUT2D eigenvalue weighted by atomic mass is 29.2. The van der Waals surface area contributed by atoms with Gasteiger partial charge < -0.3 is 4.80 Å². The van der Waals surface area contributed by atoms with E-state index in [0.29, 0.717) is 0 Å². The van der Waals surface area contributed by atoms with Gasteiger partial charge in [-0.3, -0.25) is 0 Å². The zero-order valence-corrected chi connectivity index (χ0v) is 7.94. The Morgan fingerprint density at radius 2 is 2.43 bits per heavy atom. The molecule has 42 valence electrons. The minimum Gasteiger partial charge on any atom is -0.432 e. The molecule has 0 fully saturated rings. The van der Waals surface area contributed by atoms with Gasteiger partial charge in [0.2, 0.25) is 0 Å². The second-order valence-electron chi connectivity index (χ2n) is 1.91. The standard InChI is InChI=1S/C4H12OSi2/c1-3-7(5,6)4-2/h3,5H,1,4H2,2,6H3. The van der Waals surface area contributed by atoms with E-state index in [1.165, 1.54) is 0 Å². The summed E-state index contributed by atoms with van der Waals surface area (Å²) in [6.45, 7) is 5.56. The molecule has 0 aliphatic rings. The first-order chi connectivity index (χ1) is 3.12. The van der Waals surface area contributed by atoms with Crippen LogP contribution in [0.2, 0.25) is 6.04 Å². The molecule has 0 amide bonds. The van der Waals surface area contributed by atoms with Gasteiger partial charge in [-0.05, 0) is 6.04 Å². The zero-order chi connectivity index (χ0) is 5.91. The number of hydrogen-bond acceptors (Lipinski definition) is 1. The van der Waals surface area contributed by atoms with Crippen molar-refractivity contribution in [3.63, 3.8) is 0 Å². The number of hydrogen-bond donors (Lipinski definition) is 1. The van der Waals surface area contributed by atoms with Gasteiger partial charge in [0, 0.05) is 9.76 Å². The quantitative estimate of drug-likeness (QED) is 0.504. The molecule has 1 atom stereocenters. The summed E-state index contributed by atoms with van der Waals surface area (Å²) in [5.41, 5.74) is 1.75. The van der Waals surface area contributed by atoms with Gasteiger partial charge in [0.25, 0.3) is 0 Å². The second kappa shape index (κ2) is 2.44. The van der Waals surface area contributed by atoms with Crippen LogP contribution in [-0.2, 0) is 0 Å². The van der Waals surface area contributed by atoms with Gasteiger partial charge in [-0.2, -0.15) is 0 Å². The molecule has 0 radical (unpaired) electrons. The summed E-state index contributed by atoms with van der Waals surface area (Å²) in [6.07, 6.45) is 0. The van der Waals surface area contributed by atoms with Gasteiger partial charge in [-0.25, -0.2) is 0 Å². The monoisotopic (exact) mass is 132 g/mol. The van der Waals surface area contributed by atoms with Gasteiger partial charge in [0.05, 0.1) is 0 Å². The largest absolute Gasteiger partial charge is 0.432 e. The molecule has 1 unspecified atom stereocenters. The Morgan fingerprint density at radius 3 is 2.43 bits per heavy atom. The fraction of sp³-hybridized carbons (Fsp3) is 0.500. The Hall–Kier alpha value is 0.134. The van der Waals surface area contributed by atoms with Crippen LogP contribution in [0.1, 0.15) is 6.92 Å². The summed E-state index contributed by atoms with van der Waals surface area (Å²) >= 11 is 0. The van der Waals surface area contributed by atoms with Crippen molar-refractivity contribution in [3.05, 3.63) is 12.3 Å². The Balaban J connectivity index is 3.58. The van der Waals surface area contributed by atoms with Crippen LogP contribution in [0.4, 0.5) is 0 Å². The van der Waals surface area contributed by atoms with E-state index in [1.807, 2.05) is 6.92 Å². The maximum Gasteiger partial charge on any atom is 0.187 e. The van der Waals surface area contributed by atoms with Crippen molar-refractivity contribution in [1.82, 2.24) is 0 Å². The molecule has 1 nitrogen and oxygen atoms in total. The van der Waals surface area contributed by atoms with Crippen LogP contribution in [0.3, 0.4) is 0 Å². The van der Waals surface area contributed by atoms with E-state index < -0.39 is 7.83 Å². The molecule has 0 aromatic rings. The lowest BCUT2D eigenvalue weighted by atomic mass is 11.0. The Kier molecular flexibility index (Phi) is 2.49. The van der Waals surface area contributed by atoms with E-state index in [9.17, 15) is 4.80 Å². The molecule has 0 aliphatic heterocycles. The molecule has 0 aromatic carbocycles. The van der Waals surface area contributed by atoms with Crippen molar-refractivity contribution in [2.24, 2.45) is 0 Å². The van der Waals surface area contributed by atoms with Crippen molar-refractivity contribution < 1.29 is 4.80 Å². The topological polar surface area (TPSA) is 20.2 Å². The van der Waals surface area contributed by atoms with Crippen molar-refractivity contribution in [2.75, 3.05) is 0 Å². The van der Waals surface area contributed by atoms with Crippen LogP contribution < -0.4 is 0 Å². The molecular formula is C4H12OSi2. The predicted molar refractivity (Wildman–Crippen MR) is 38.6 cm³/mol. The third-order valence-electron chi connectivity index (χ3n) is 1.16. The highest BCUT2D eigenvalue weighted by Gasteiger charge is 2.14. The van der Waals surface area contributed by atoms with Crippen molar-refractivity contribution in [1.29, 1.82) is 0 Å². The van der Waals surface area contributed by atoms with Crippen LogP contribution in [-0.4, -0.2) is 22.4 Å². The Bertz CT molecular complexity index is 70.1. The van der Waals surface area contributed by atoms with E-state index in [1.54, 1.807) is 5.70 Å². The first-order valence-electron chi connectivity index (χ1n) is 2.48. The highest BCUT2D eigenvalue weighted by Crippen LogP contribution is 1.97. The summed E-state index contributed by atoms with van der Waals surface area (Å²) in [5.74, 6) is 0. The summed E-state index contributed by atoms with van der Waals surface area (Å²) in [4.78, 5) is 9.21. The molecular weight excluding hydrogens is 120 g/mol. The lowest BCUT2D eigenvalue weighted by Crippen LogP contribution is -2.31. The predicted octanol–water partition coefficient (Wildman–Crippen LogP) is -0.469. The van der Waals surface area contributed by atoms with Gasteiger partial charge in [0.15, 0.2) is 7.83 Å². The van der Waals surface area contributed by atoms with Crippen molar-refractivity contribution in [2.45, 2.75) is 13.0 Å². The molecule has 0 heterocycles. The Labute approximate surface area is 48.4 Å². The molecule has 1 N–H and O–H groups in total. The summed E-state index contributed by atoms with van der Waals surface area (Å²) in [7, 11) is -0.823. The zero-order valence-electron chi connectivity index (χ0n) is 4.94. The van der Waals surface area contributed by atoms with Gasteiger partial charge in [-0.1, -0.05) is 12.6 Å². The van der Waals surface area contributed by atoms with Crippen LogP contribution in [0, 0.1) is 0 Å². The first kappa shape index (κ1) is 7.13. The average molecular weight is 132 g/mol. The second-order valence-corrected chi connectivity index (χ2v) is 10.9. The molecule has 0 saturated carbocycles.